The Morgan fingerprint density at radius 3 is 2.58 bits per heavy atom. The molecule has 2 heterocycles. The lowest BCUT2D eigenvalue weighted by Gasteiger charge is -2.32. The summed E-state index contributed by atoms with van der Waals surface area (Å²) in [4.78, 5) is 24.9. The topological polar surface area (TPSA) is 75.4 Å². The van der Waals surface area contributed by atoms with Gasteiger partial charge in [-0.3, -0.25) is 9.69 Å². The van der Waals surface area contributed by atoms with Gasteiger partial charge in [0.05, 0.1) is 6.54 Å². The highest BCUT2D eigenvalue weighted by Crippen LogP contribution is 2.26. The molecule has 1 fully saturated rings. The molecule has 0 saturated carbocycles. The molecule has 1 saturated heterocycles. The molecule has 1 aromatic carbocycles. The van der Waals surface area contributed by atoms with Crippen LogP contribution in [0, 0.1) is 6.92 Å². The Bertz CT molecular complexity index is 738. The number of aryl methyl sites for hydroxylation is 1. The van der Waals surface area contributed by atoms with E-state index in [1.807, 2.05) is 18.0 Å². The third-order valence-corrected chi connectivity index (χ3v) is 4.94. The first-order valence-corrected chi connectivity index (χ1v) is 9.11. The minimum Gasteiger partial charge on any atom is -0.368 e. The zero-order chi connectivity index (χ0) is 18.5. The number of hydrogen-bond donors (Lipinski definition) is 1. The third-order valence-electron chi connectivity index (χ3n) is 4.94. The maximum absolute atomic E-state index is 12.6. The van der Waals surface area contributed by atoms with Crippen LogP contribution in [0.4, 0.5) is 5.95 Å². The van der Waals surface area contributed by atoms with E-state index in [0.717, 1.165) is 38.2 Å². The first-order chi connectivity index (χ1) is 12.5. The van der Waals surface area contributed by atoms with Crippen LogP contribution in [-0.4, -0.2) is 52.4 Å². The molecule has 0 bridgehead atoms. The number of aromatic nitrogens is 2. The van der Waals surface area contributed by atoms with Gasteiger partial charge in [-0.15, -0.1) is 0 Å². The normalized spacial score (nSPS) is 15.4. The van der Waals surface area contributed by atoms with Gasteiger partial charge in [0, 0.05) is 37.4 Å². The molecule has 1 aliphatic rings. The van der Waals surface area contributed by atoms with Gasteiger partial charge in [-0.25, -0.2) is 9.97 Å². The number of hydrogen-bond acceptors (Lipinski definition) is 5. The highest BCUT2D eigenvalue weighted by atomic mass is 16.2. The molecule has 6 heteroatoms. The number of likely N-dealkylation sites (N-methyl/N-ethyl adjacent to an activating group) is 1. The van der Waals surface area contributed by atoms with Gasteiger partial charge in [0.25, 0.3) is 0 Å². The monoisotopic (exact) mass is 353 g/mol. The maximum Gasteiger partial charge on any atom is 0.236 e. The summed E-state index contributed by atoms with van der Waals surface area (Å²) in [5.74, 6) is 0.869. The molecular weight excluding hydrogens is 326 g/mol. The number of nitrogens with two attached hydrogens (primary N) is 1. The van der Waals surface area contributed by atoms with Crippen LogP contribution in [0.2, 0.25) is 0 Å². The number of carbonyl (C=O) groups excluding carboxylic acids is 1. The van der Waals surface area contributed by atoms with Crippen LogP contribution >= 0.6 is 0 Å². The van der Waals surface area contributed by atoms with Crippen LogP contribution in [0.3, 0.4) is 0 Å². The number of likely N-dealkylation sites (tertiary alicyclic amines) is 1. The van der Waals surface area contributed by atoms with Gasteiger partial charge in [0.2, 0.25) is 11.9 Å². The second-order valence-corrected chi connectivity index (χ2v) is 7.15. The summed E-state index contributed by atoms with van der Waals surface area (Å²) in [5, 5.41) is 0. The molecular formula is C20H27N5O. The van der Waals surface area contributed by atoms with Gasteiger partial charge < -0.3 is 10.6 Å². The van der Waals surface area contributed by atoms with E-state index in [4.69, 9.17) is 5.73 Å². The maximum atomic E-state index is 12.6. The number of nitrogens with zero attached hydrogens (tertiary/aromatic N) is 4. The lowest BCUT2D eigenvalue weighted by molar-refractivity contribution is -0.133. The highest BCUT2D eigenvalue weighted by molar-refractivity contribution is 5.78. The zero-order valence-corrected chi connectivity index (χ0v) is 15.6. The van der Waals surface area contributed by atoms with Crippen molar-refractivity contribution >= 4 is 11.9 Å². The first kappa shape index (κ1) is 18.3. The fourth-order valence-corrected chi connectivity index (χ4v) is 3.43. The van der Waals surface area contributed by atoms with Gasteiger partial charge in [0.15, 0.2) is 0 Å². The fraction of sp³-hybridized carbons (Fsp3) is 0.450. The summed E-state index contributed by atoms with van der Waals surface area (Å²) >= 11 is 0. The Kier molecular flexibility index (Phi) is 5.83. The molecule has 0 aliphatic carbocycles. The molecule has 6 nitrogen and oxygen atoms in total. The van der Waals surface area contributed by atoms with Crippen molar-refractivity contribution in [1.29, 1.82) is 0 Å². The Labute approximate surface area is 155 Å². The minimum absolute atomic E-state index is 0.195. The van der Waals surface area contributed by atoms with Crippen molar-refractivity contribution < 1.29 is 4.79 Å². The lowest BCUT2D eigenvalue weighted by Crippen LogP contribution is -2.43. The first-order valence-electron chi connectivity index (χ1n) is 9.11. The van der Waals surface area contributed by atoms with Crippen molar-refractivity contribution in [3.63, 3.8) is 0 Å². The summed E-state index contributed by atoms with van der Waals surface area (Å²) in [6.45, 7) is 4.84. The van der Waals surface area contributed by atoms with E-state index in [-0.39, 0.29) is 5.91 Å². The van der Waals surface area contributed by atoms with E-state index >= 15 is 0 Å². The SMILES string of the molecule is Cc1ccc(CN(C)CC(=O)N2CCC(c3ccnc(N)n3)CC2)cc1. The molecule has 0 radical (unpaired) electrons. The molecule has 3 rings (SSSR count). The molecule has 1 aliphatic heterocycles. The number of nitrogen functional groups attached to an aromatic ring is 1. The van der Waals surface area contributed by atoms with Crippen LogP contribution in [-0.2, 0) is 11.3 Å². The number of benzene rings is 1. The van der Waals surface area contributed by atoms with Crippen molar-refractivity contribution in [2.45, 2.75) is 32.2 Å². The molecule has 0 atom stereocenters. The van der Waals surface area contributed by atoms with E-state index in [9.17, 15) is 4.79 Å². The number of carbonyl (C=O) groups is 1. The van der Waals surface area contributed by atoms with Crippen molar-refractivity contribution in [2.24, 2.45) is 0 Å². The Balaban J connectivity index is 1.48. The smallest absolute Gasteiger partial charge is 0.236 e. The number of piperidine rings is 1. The summed E-state index contributed by atoms with van der Waals surface area (Å²) in [6.07, 6.45) is 3.54. The predicted molar refractivity (Wildman–Crippen MR) is 103 cm³/mol. The molecule has 26 heavy (non-hydrogen) atoms. The molecule has 138 valence electrons. The van der Waals surface area contributed by atoms with Crippen LogP contribution in [0.1, 0.15) is 35.6 Å². The summed E-state index contributed by atoms with van der Waals surface area (Å²) in [6, 6.07) is 10.4. The number of amides is 1. The van der Waals surface area contributed by atoms with Gasteiger partial charge in [0.1, 0.15) is 0 Å². The average molecular weight is 353 g/mol. The zero-order valence-electron chi connectivity index (χ0n) is 15.6. The molecule has 2 aromatic rings. The summed E-state index contributed by atoms with van der Waals surface area (Å²) in [7, 11) is 1.99. The van der Waals surface area contributed by atoms with Crippen molar-refractivity contribution in [3.8, 4) is 0 Å². The van der Waals surface area contributed by atoms with Crippen molar-refractivity contribution in [3.05, 3.63) is 53.3 Å². The molecule has 2 N–H and O–H groups in total. The number of anilines is 1. The fourth-order valence-electron chi connectivity index (χ4n) is 3.43. The van der Waals surface area contributed by atoms with Crippen molar-refractivity contribution in [1.82, 2.24) is 19.8 Å². The average Bonchev–Trinajstić information content (AvgIpc) is 2.64. The van der Waals surface area contributed by atoms with Crippen LogP contribution < -0.4 is 5.73 Å². The Morgan fingerprint density at radius 2 is 1.92 bits per heavy atom. The van der Waals surface area contributed by atoms with Crippen LogP contribution in [0.25, 0.3) is 0 Å². The third kappa shape index (κ3) is 4.79. The van der Waals surface area contributed by atoms with E-state index in [2.05, 4.69) is 46.1 Å². The van der Waals surface area contributed by atoms with Gasteiger partial charge in [-0.2, -0.15) is 0 Å². The van der Waals surface area contributed by atoms with E-state index in [0.29, 0.717) is 18.4 Å². The second-order valence-electron chi connectivity index (χ2n) is 7.15. The van der Waals surface area contributed by atoms with Gasteiger partial charge in [-0.1, -0.05) is 29.8 Å². The van der Waals surface area contributed by atoms with E-state index in [1.165, 1.54) is 11.1 Å². The predicted octanol–water partition coefficient (Wildman–Crippen LogP) is 2.21. The van der Waals surface area contributed by atoms with Crippen LogP contribution in [0.5, 0.6) is 0 Å². The Morgan fingerprint density at radius 1 is 1.23 bits per heavy atom. The minimum atomic E-state index is 0.195. The quantitative estimate of drug-likeness (QED) is 0.892. The second kappa shape index (κ2) is 8.27. The summed E-state index contributed by atoms with van der Waals surface area (Å²) < 4.78 is 0. The Hall–Kier alpha value is -2.47. The summed E-state index contributed by atoms with van der Waals surface area (Å²) in [5.41, 5.74) is 9.14. The van der Waals surface area contributed by atoms with Gasteiger partial charge >= 0.3 is 0 Å². The molecule has 0 spiro atoms. The van der Waals surface area contributed by atoms with E-state index in [1.54, 1.807) is 6.20 Å². The molecule has 1 aromatic heterocycles. The molecule has 1 amide bonds. The van der Waals surface area contributed by atoms with Crippen molar-refractivity contribution in [2.75, 3.05) is 32.4 Å². The standard InChI is InChI=1S/C20H27N5O/c1-15-3-5-16(6-4-15)13-24(2)14-19(26)25-11-8-17(9-12-25)18-7-10-22-20(21)23-18/h3-7,10,17H,8-9,11-14H2,1-2H3,(H2,21,22,23). The van der Waals surface area contributed by atoms with E-state index < -0.39 is 0 Å². The highest BCUT2D eigenvalue weighted by Gasteiger charge is 2.25. The molecule has 0 unspecified atom stereocenters. The lowest BCUT2D eigenvalue weighted by atomic mass is 9.93. The van der Waals surface area contributed by atoms with Gasteiger partial charge in [-0.05, 0) is 38.4 Å². The van der Waals surface area contributed by atoms with Crippen LogP contribution in [0.15, 0.2) is 36.5 Å². The largest absolute Gasteiger partial charge is 0.368 e. The number of rotatable bonds is 5.